The molecule has 0 aliphatic carbocycles. The summed E-state index contributed by atoms with van der Waals surface area (Å²) in [6.07, 6.45) is 0. The van der Waals surface area contributed by atoms with Gasteiger partial charge in [0.15, 0.2) is 5.96 Å². The molecule has 4 N–H and O–H groups in total. The van der Waals surface area contributed by atoms with Gasteiger partial charge in [-0.25, -0.2) is 4.79 Å². The van der Waals surface area contributed by atoms with Crippen LogP contribution in [-0.2, 0) is 4.79 Å². The van der Waals surface area contributed by atoms with Gasteiger partial charge >= 0.3 is 5.97 Å². The Hall–Kier alpha value is -3.35. The van der Waals surface area contributed by atoms with Gasteiger partial charge in [-0.3, -0.25) is 10.2 Å². The molecule has 2 aromatic carbocycles. The Labute approximate surface area is 152 Å². The van der Waals surface area contributed by atoms with Gasteiger partial charge < -0.3 is 20.7 Å². The van der Waals surface area contributed by atoms with Crippen molar-refractivity contribution in [2.24, 2.45) is 5.73 Å². The van der Waals surface area contributed by atoms with Crippen molar-refractivity contribution in [2.45, 2.75) is 12.8 Å². The Morgan fingerprint density at radius 1 is 1.08 bits per heavy atom. The average Bonchev–Trinajstić information content (AvgIpc) is 2.61. The lowest BCUT2D eigenvalue weighted by Crippen LogP contribution is -2.26. The molecule has 0 saturated carbocycles. The molecule has 0 bridgehead atoms. The Bertz CT molecular complexity index is 799. The van der Waals surface area contributed by atoms with E-state index in [9.17, 15) is 9.59 Å². The van der Waals surface area contributed by atoms with Crippen LogP contribution in [-0.4, -0.2) is 36.8 Å². The predicted octanol–water partition coefficient (Wildman–Crippen LogP) is 2.40. The number of esters is 1. The number of benzene rings is 2. The zero-order chi connectivity index (χ0) is 19.3. The molecule has 1 atom stereocenters. The molecule has 26 heavy (non-hydrogen) atoms. The predicted molar refractivity (Wildman–Crippen MR) is 100 cm³/mol. The number of guanidine groups is 1. The molecule has 7 nitrogen and oxygen atoms in total. The number of anilines is 1. The van der Waals surface area contributed by atoms with Crippen LogP contribution in [0.3, 0.4) is 0 Å². The molecule has 0 fully saturated rings. The number of carbonyl (C=O) groups is 2. The number of likely N-dealkylation sites (N-methyl/N-ethyl adjacent to an activating group) is 1. The lowest BCUT2D eigenvalue weighted by Gasteiger charge is -2.17. The summed E-state index contributed by atoms with van der Waals surface area (Å²) < 4.78 is 5.34. The van der Waals surface area contributed by atoms with Crippen LogP contribution in [0, 0.1) is 5.41 Å². The van der Waals surface area contributed by atoms with Crippen LogP contribution >= 0.6 is 0 Å². The number of carbonyl (C=O) groups excluding carboxylic acids is 2. The molecule has 0 saturated heterocycles. The van der Waals surface area contributed by atoms with Crippen LogP contribution in [0.25, 0.3) is 0 Å². The van der Waals surface area contributed by atoms with E-state index in [4.69, 9.17) is 15.9 Å². The third-order valence-electron chi connectivity index (χ3n) is 3.80. The average molecular weight is 354 g/mol. The summed E-state index contributed by atoms with van der Waals surface area (Å²) in [7, 11) is 3.43. The Morgan fingerprint density at radius 3 is 2.15 bits per heavy atom. The lowest BCUT2D eigenvalue weighted by molar-refractivity contribution is -0.129. The Morgan fingerprint density at radius 2 is 1.65 bits per heavy atom. The second-order valence-electron chi connectivity index (χ2n) is 6.03. The van der Waals surface area contributed by atoms with Gasteiger partial charge in [-0.2, -0.15) is 0 Å². The third kappa shape index (κ3) is 4.83. The van der Waals surface area contributed by atoms with E-state index in [0.717, 1.165) is 5.56 Å². The number of nitrogens with two attached hydrogens (primary N) is 1. The zero-order valence-corrected chi connectivity index (χ0v) is 14.9. The van der Waals surface area contributed by atoms with Gasteiger partial charge in [0.2, 0.25) is 5.91 Å². The van der Waals surface area contributed by atoms with Gasteiger partial charge in [0, 0.05) is 19.8 Å². The van der Waals surface area contributed by atoms with E-state index in [1.807, 2.05) is 6.92 Å². The third-order valence-corrected chi connectivity index (χ3v) is 3.80. The lowest BCUT2D eigenvalue weighted by atomic mass is 10.00. The number of amides is 1. The van der Waals surface area contributed by atoms with E-state index in [-0.39, 0.29) is 17.8 Å². The smallest absolute Gasteiger partial charge is 0.343 e. The maximum atomic E-state index is 12.2. The molecule has 0 aliphatic heterocycles. The molecule has 1 unspecified atom stereocenters. The largest absolute Gasteiger partial charge is 0.423 e. The topological polar surface area (TPSA) is 109 Å². The molecule has 0 heterocycles. The highest BCUT2D eigenvalue weighted by molar-refractivity contribution is 5.93. The molecular weight excluding hydrogens is 332 g/mol. The van der Waals surface area contributed by atoms with Crippen LogP contribution in [0.4, 0.5) is 5.69 Å². The van der Waals surface area contributed by atoms with Crippen molar-refractivity contribution in [2.75, 3.05) is 19.4 Å². The monoisotopic (exact) mass is 354 g/mol. The number of hydrogen-bond donors (Lipinski definition) is 3. The summed E-state index contributed by atoms with van der Waals surface area (Å²) in [5.41, 5.74) is 7.08. The summed E-state index contributed by atoms with van der Waals surface area (Å²) in [5, 5.41) is 9.80. The van der Waals surface area contributed by atoms with Gasteiger partial charge in [0.1, 0.15) is 5.75 Å². The van der Waals surface area contributed by atoms with Gasteiger partial charge in [-0.15, -0.1) is 0 Å². The van der Waals surface area contributed by atoms with E-state index in [2.05, 4.69) is 5.32 Å². The van der Waals surface area contributed by atoms with E-state index in [0.29, 0.717) is 17.0 Å². The first-order valence-electron chi connectivity index (χ1n) is 8.02. The molecule has 0 spiro atoms. The fourth-order valence-corrected chi connectivity index (χ4v) is 2.37. The van der Waals surface area contributed by atoms with Crippen LogP contribution in [0.15, 0.2) is 48.5 Å². The van der Waals surface area contributed by atoms with E-state index in [1.54, 1.807) is 67.5 Å². The van der Waals surface area contributed by atoms with Crippen LogP contribution in [0.5, 0.6) is 5.75 Å². The van der Waals surface area contributed by atoms with Crippen LogP contribution in [0.1, 0.15) is 28.8 Å². The number of ether oxygens (including phenoxy) is 1. The van der Waals surface area contributed by atoms with Crippen molar-refractivity contribution in [1.82, 2.24) is 4.90 Å². The first-order valence-corrected chi connectivity index (χ1v) is 8.02. The van der Waals surface area contributed by atoms with Crippen molar-refractivity contribution in [3.63, 3.8) is 0 Å². The number of rotatable bonds is 5. The minimum atomic E-state index is -0.496. The Balaban J connectivity index is 2.03. The molecule has 136 valence electrons. The van der Waals surface area contributed by atoms with Crippen molar-refractivity contribution >= 4 is 23.5 Å². The van der Waals surface area contributed by atoms with Crippen molar-refractivity contribution in [3.8, 4) is 5.75 Å². The van der Waals surface area contributed by atoms with Crippen LogP contribution in [0.2, 0.25) is 0 Å². The number of nitrogens with one attached hydrogen (secondary N) is 2. The SMILES string of the molecule is CC(C(=O)N(C)C)c1ccc(OC(=O)c2ccc(NC(=N)N)cc2)cc1. The highest BCUT2D eigenvalue weighted by Crippen LogP contribution is 2.21. The minimum Gasteiger partial charge on any atom is -0.423 e. The second-order valence-corrected chi connectivity index (χ2v) is 6.03. The van der Waals surface area contributed by atoms with Gasteiger partial charge in [-0.05, 0) is 48.9 Å². The fourth-order valence-electron chi connectivity index (χ4n) is 2.37. The van der Waals surface area contributed by atoms with Crippen LogP contribution < -0.4 is 15.8 Å². The summed E-state index contributed by atoms with van der Waals surface area (Å²) in [6, 6.07) is 13.3. The van der Waals surface area contributed by atoms with Gasteiger partial charge in [0.25, 0.3) is 0 Å². The first kappa shape index (κ1) is 19.0. The summed E-state index contributed by atoms with van der Waals surface area (Å²) in [5.74, 6) is -0.536. The molecule has 2 rings (SSSR count). The number of hydrogen-bond acceptors (Lipinski definition) is 4. The van der Waals surface area contributed by atoms with Crippen molar-refractivity contribution in [1.29, 1.82) is 5.41 Å². The molecule has 2 aromatic rings. The van der Waals surface area contributed by atoms with E-state index in [1.165, 1.54) is 0 Å². The normalized spacial score (nSPS) is 11.3. The van der Waals surface area contributed by atoms with Crippen molar-refractivity contribution in [3.05, 3.63) is 59.7 Å². The molecular formula is C19H22N4O3. The number of nitrogens with zero attached hydrogens (tertiary/aromatic N) is 1. The highest BCUT2D eigenvalue weighted by Gasteiger charge is 2.17. The molecule has 1 amide bonds. The van der Waals surface area contributed by atoms with E-state index >= 15 is 0 Å². The quantitative estimate of drug-likeness (QED) is 0.331. The van der Waals surface area contributed by atoms with Gasteiger partial charge in [0.05, 0.1) is 11.5 Å². The first-order chi connectivity index (χ1) is 12.3. The molecule has 0 aromatic heterocycles. The van der Waals surface area contributed by atoms with E-state index < -0.39 is 5.97 Å². The molecule has 0 aliphatic rings. The highest BCUT2D eigenvalue weighted by atomic mass is 16.5. The van der Waals surface area contributed by atoms with Crippen molar-refractivity contribution < 1.29 is 14.3 Å². The molecule has 7 heteroatoms. The van der Waals surface area contributed by atoms with Gasteiger partial charge in [-0.1, -0.05) is 12.1 Å². The zero-order valence-electron chi connectivity index (χ0n) is 14.9. The minimum absolute atomic E-state index is 0.00834. The second kappa shape index (κ2) is 8.15. The summed E-state index contributed by atoms with van der Waals surface area (Å²) >= 11 is 0. The maximum absolute atomic E-state index is 12.2. The molecule has 0 radical (unpaired) electrons. The standard InChI is InChI=1S/C19H22N4O3/c1-12(17(24)23(2)3)13-6-10-16(11-7-13)26-18(25)14-4-8-15(9-5-14)22-19(20)21/h4-12H,1-3H3,(H4,20,21,22). The summed E-state index contributed by atoms with van der Waals surface area (Å²) in [4.78, 5) is 25.7. The fraction of sp³-hybridized carbons (Fsp3) is 0.211. The Kier molecular flexibility index (Phi) is 5.95. The maximum Gasteiger partial charge on any atom is 0.343 e. The summed E-state index contributed by atoms with van der Waals surface area (Å²) in [6.45, 7) is 1.83.